The predicted molar refractivity (Wildman–Crippen MR) is 132 cm³/mol. The summed E-state index contributed by atoms with van der Waals surface area (Å²) in [6, 6.07) is 11.4. The lowest BCUT2D eigenvalue weighted by atomic mass is 10.0. The minimum absolute atomic E-state index is 0.0614. The minimum atomic E-state index is -0.331. The number of fused-ring (bicyclic) bond motifs is 2. The Morgan fingerprint density at radius 2 is 1.94 bits per heavy atom. The Hall–Kier alpha value is -3.98. The molecule has 0 unspecified atom stereocenters. The highest BCUT2D eigenvalue weighted by atomic mass is 35.5. The van der Waals surface area contributed by atoms with Gasteiger partial charge in [0, 0.05) is 37.1 Å². The molecule has 5 rings (SSSR count). The summed E-state index contributed by atoms with van der Waals surface area (Å²) in [5, 5.41) is 11.3. The normalized spacial score (nSPS) is 12.8. The van der Waals surface area contributed by atoms with Crippen molar-refractivity contribution in [3.63, 3.8) is 0 Å². The number of anilines is 1. The van der Waals surface area contributed by atoms with Gasteiger partial charge < -0.3 is 15.4 Å². The lowest BCUT2D eigenvalue weighted by Crippen LogP contribution is -2.24. The molecule has 1 aliphatic heterocycles. The highest BCUT2D eigenvalue weighted by molar-refractivity contribution is 6.31. The second kappa shape index (κ2) is 9.34. The van der Waals surface area contributed by atoms with E-state index in [4.69, 9.17) is 16.3 Å². The van der Waals surface area contributed by atoms with Crippen molar-refractivity contribution < 1.29 is 14.3 Å². The van der Waals surface area contributed by atoms with Gasteiger partial charge in [-0.3, -0.25) is 14.3 Å². The van der Waals surface area contributed by atoms with Crippen molar-refractivity contribution in [3.05, 3.63) is 75.7 Å². The molecule has 4 aromatic rings. The number of hydrogen-bond donors (Lipinski definition) is 2. The molecule has 0 spiro atoms. The molecule has 2 N–H and O–H groups in total. The first-order chi connectivity index (χ1) is 16.9. The van der Waals surface area contributed by atoms with E-state index in [0.29, 0.717) is 41.4 Å². The Labute approximate surface area is 206 Å². The molecule has 0 saturated heterocycles. The fraction of sp³-hybridized carbons (Fsp3) is 0.240. The number of benzene rings is 2. The molecule has 1 aliphatic rings. The molecule has 0 bridgehead atoms. The van der Waals surface area contributed by atoms with E-state index in [9.17, 15) is 9.59 Å². The zero-order valence-electron chi connectivity index (χ0n) is 19.3. The molecule has 9 nitrogen and oxygen atoms in total. The molecule has 2 aromatic carbocycles. The summed E-state index contributed by atoms with van der Waals surface area (Å²) in [7, 11) is 1.75. The molecule has 0 radical (unpaired) electrons. The number of hydrogen-bond acceptors (Lipinski definition) is 7. The van der Waals surface area contributed by atoms with E-state index in [-0.39, 0.29) is 24.0 Å². The summed E-state index contributed by atoms with van der Waals surface area (Å²) in [6.45, 7) is 2.83. The van der Waals surface area contributed by atoms with Crippen LogP contribution in [0.15, 0.2) is 42.7 Å². The number of aryl methyl sites for hydroxylation is 2. The van der Waals surface area contributed by atoms with Crippen LogP contribution in [0.25, 0.3) is 11.0 Å². The SMILES string of the molecule is Cc1ccc(CNC(=O)c2ncnc3c(NCc4ccc5c(c4)CC(=O)CO5)nn(C)c23)cc1Cl. The van der Waals surface area contributed by atoms with E-state index in [2.05, 4.69) is 25.7 Å². The number of Topliss-reactive ketones (excluding diaryl/α,β-unsaturated/α-hetero) is 1. The molecular weight excluding hydrogens is 468 g/mol. The zero-order valence-corrected chi connectivity index (χ0v) is 20.0. The fourth-order valence-electron chi connectivity index (χ4n) is 4.03. The maximum atomic E-state index is 13.0. The van der Waals surface area contributed by atoms with Gasteiger partial charge in [-0.2, -0.15) is 5.10 Å². The number of carbonyl (C=O) groups excluding carboxylic acids is 2. The average molecular weight is 491 g/mol. The minimum Gasteiger partial charge on any atom is -0.486 e. The molecule has 0 saturated carbocycles. The van der Waals surface area contributed by atoms with Crippen molar-refractivity contribution in [1.82, 2.24) is 25.1 Å². The molecule has 1 amide bonds. The Morgan fingerprint density at radius 1 is 1.14 bits per heavy atom. The van der Waals surface area contributed by atoms with Crippen molar-refractivity contribution in [2.45, 2.75) is 26.4 Å². The van der Waals surface area contributed by atoms with Crippen LogP contribution in [0, 0.1) is 6.92 Å². The standard InChI is InChI=1S/C25H23ClN6O3/c1-14-3-4-16(8-19(14)26)11-28-25(34)22-23-21(29-13-30-22)24(31-32(23)2)27-10-15-5-6-20-17(7-15)9-18(33)12-35-20/h3-8,13H,9-12H2,1-2H3,(H,27,31)(H,28,34). The molecule has 3 heterocycles. The number of nitrogens with zero attached hydrogens (tertiary/aromatic N) is 4. The van der Waals surface area contributed by atoms with E-state index < -0.39 is 0 Å². The second-order valence-corrected chi connectivity index (χ2v) is 8.86. The predicted octanol–water partition coefficient (Wildman–Crippen LogP) is 3.37. The van der Waals surface area contributed by atoms with E-state index in [1.54, 1.807) is 11.7 Å². The molecule has 0 aliphatic carbocycles. The van der Waals surface area contributed by atoms with Gasteiger partial charge in [-0.05, 0) is 41.8 Å². The number of carbonyl (C=O) groups is 2. The molecule has 0 atom stereocenters. The van der Waals surface area contributed by atoms with Gasteiger partial charge in [0.2, 0.25) is 0 Å². The van der Waals surface area contributed by atoms with Gasteiger partial charge in [-0.1, -0.05) is 29.8 Å². The summed E-state index contributed by atoms with van der Waals surface area (Å²) in [4.78, 5) is 33.2. The summed E-state index contributed by atoms with van der Waals surface area (Å²) in [5.41, 5.74) is 5.03. The van der Waals surface area contributed by atoms with Crippen molar-refractivity contribution in [2.75, 3.05) is 11.9 Å². The number of aromatic nitrogens is 4. The van der Waals surface area contributed by atoms with Crippen LogP contribution in [0.4, 0.5) is 5.82 Å². The fourth-order valence-corrected chi connectivity index (χ4v) is 4.24. The van der Waals surface area contributed by atoms with E-state index in [1.165, 1.54) is 6.33 Å². The van der Waals surface area contributed by atoms with E-state index in [0.717, 1.165) is 28.0 Å². The van der Waals surface area contributed by atoms with Crippen molar-refractivity contribution >= 4 is 40.1 Å². The molecule has 2 aromatic heterocycles. The monoisotopic (exact) mass is 490 g/mol. The number of ketones is 1. The first kappa shape index (κ1) is 22.8. The van der Waals surface area contributed by atoms with Crippen molar-refractivity contribution in [2.24, 2.45) is 7.05 Å². The Morgan fingerprint density at radius 3 is 2.77 bits per heavy atom. The number of amides is 1. The van der Waals surface area contributed by atoms with Crippen LogP contribution >= 0.6 is 11.6 Å². The molecular formula is C25H23ClN6O3. The Balaban J connectivity index is 1.33. The van der Waals surface area contributed by atoms with Crippen LogP contribution in [0.3, 0.4) is 0 Å². The molecule has 10 heteroatoms. The van der Waals surface area contributed by atoms with Crippen molar-refractivity contribution in [3.8, 4) is 5.75 Å². The maximum absolute atomic E-state index is 13.0. The largest absolute Gasteiger partial charge is 0.486 e. The van der Waals surface area contributed by atoms with Crippen LogP contribution in [-0.4, -0.2) is 38.0 Å². The van der Waals surface area contributed by atoms with Gasteiger partial charge in [0.25, 0.3) is 5.91 Å². The van der Waals surface area contributed by atoms with Crippen LogP contribution in [0.5, 0.6) is 5.75 Å². The lowest BCUT2D eigenvalue weighted by Gasteiger charge is -2.17. The van der Waals surface area contributed by atoms with Crippen LogP contribution in [-0.2, 0) is 31.4 Å². The quantitative estimate of drug-likeness (QED) is 0.426. The Bertz CT molecular complexity index is 1470. The van der Waals surface area contributed by atoms with Gasteiger partial charge in [0.05, 0.1) is 0 Å². The molecule has 178 valence electrons. The third-order valence-electron chi connectivity index (χ3n) is 5.89. The number of rotatable bonds is 6. The molecule has 35 heavy (non-hydrogen) atoms. The smallest absolute Gasteiger partial charge is 0.272 e. The average Bonchev–Trinajstić information content (AvgIpc) is 3.18. The second-order valence-electron chi connectivity index (χ2n) is 8.46. The van der Waals surface area contributed by atoms with Gasteiger partial charge in [-0.15, -0.1) is 0 Å². The topological polar surface area (TPSA) is 111 Å². The molecule has 0 fully saturated rings. The third kappa shape index (κ3) is 4.67. The first-order valence-electron chi connectivity index (χ1n) is 11.1. The summed E-state index contributed by atoms with van der Waals surface area (Å²) in [5.74, 6) is 1.01. The van der Waals surface area contributed by atoms with Crippen LogP contribution in [0.1, 0.15) is 32.7 Å². The van der Waals surface area contributed by atoms with Crippen LogP contribution in [0.2, 0.25) is 5.02 Å². The lowest BCUT2D eigenvalue weighted by molar-refractivity contribution is -0.121. The van der Waals surface area contributed by atoms with Gasteiger partial charge in [-0.25, -0.2) is 9.97 Å². The number of nitrogens with one attached hydrogen (secondary N) is 2. The van der Waals surface area contributed by atoms with Gasteiger partial charge >= 0.3 is 0 Å². The summed E-state index contributed by atoms with van der Waals surface area (Å²) in [6.07, 6.45) is 1.73. The number of halogens is 1. The highest BCUT2D eigenvalue weighted by Gasteiger charge is 2.20. The van der Waals surface area contributed by atoms with Crippen molar-refractivity contribution in [1.29, 1.82) is 0 Å². The Kier molecular flexibility index (Phi) is 6.08. The summed E-state index contributed by atoms with van der Waals surface area (Å²) >= 11 is 6.19. The highest BCUT2D eigenvalue weighted by Crippen LogP contribution is 2.26. The maximum Gasteiger partial charge on any atom is 0.272 e. The van der Waals surface area contributed by atoms with Gasteiger partial charge in [0.15, 0.2) is 17.3 Å². The zero-order chi connectivity index (χ0) is 24.5. The van der Waals surface area contributed by atoms with Crippen LogP contribution < -0.4 is 15.4 Å². The van der Waals surface area contributed by atoms with Gasteiger partial charge in [0.1, 0.15) is 29.7 Å². The third-order valence-corrected chi connectivity index (χ3v) is 6.29. The number of ether oxygens (including phenoxy) is 1. The van der Waals surface area contributed by atoms with E-state index >= 15 is 0 Å². The van der Waals surface area contributed by atoms with E-state index in [1.807, 2.05) is 43.3 Å². The summed E-state index contributed by atoms with van der Waals surface area (Å²) < 4.78 is 7.05. The first-order valence-corrected chi connectivity index (χ1v) is 11.5.